The zero-order chi connectivity index (χ0) is 17.1. The van der Waals surface area contributed by atoms with Gasteiger partial charge >= 0.3 is 0 Å². The Hall–Kier alpha value is -2.37. The molecule has 0 spiro atoms. The summed E-state index contributed by atoms with van der Waals surface area (Å²) in [5.41, 5.74) is 8.29. The van der Waals surface area contributed by atoms with E-state index in [0.717, 1.165) is 12.0 Å². The first-order valence-electron chi connectivity index (χ1n) is 7.78. The molecule has 2 aromatic carbocycles. The maximum absolute atomic E-state index is 12.5. The van der Waals surface area contributed by atoms with Crippen molar-refractivity contribution in [1.29, 1.82) is 0 Å². The molecule has 0 aliphatic carbocycles. The Morgan fingerprint density at radius 3 is 2.79 bits per heavy atom. The molecule has 1 aliphatic heterocycles. The number of rotatable bonds is 4. The molecular weight excluding hydrogens is 326 g/mol. The molecule has 6 heteroatoms. The molecule has 1 aliphatic rings. The van der Waals surface area contributed by atoms with Crippen molar-refractivity contribution in [2.24, 2.45) is 5.73 Å². The third kappa shape index (κ3) is 3.58. The van der Waals surface area contributed by atoms with Gasteiger partial charge in [0.25, 0.3) is 5.91 Å². The lowest BCUT2D eigenvalue weighted by Gasteiger charge is -2.17. The minimum Gasteiger partial charge on any atom is -0.326 e. The van der Waals surface area contributed by atoms with E-state index in [-0.39, 0.29) is 11.8 Å². The number of benzene rings is 2. The average Bonchev–Trinajstić information content (AvgIpc) is 3.00. The van der Waals surface area contributed by atoms with Gasteiger partial charge in [0.1, 0.15) is 0 Å². The standard InChI is InChI=1S/C18H18ClN3O2/c19-14-8-13(9-16(10-14)22-6-2-5-17(22)23)18(24)21-15-4-1-3-12(7-15)11-20/h1,3-4,7-10H,2,5-6,11,20H2,(H,21,24). The van der Waals surface area contributed by atoms with E-state index in [1.165, 1.54) is 0 Å². The van der Waals surface area contributed by atoms with Crippen LogP contribution in [0.5, 0.6) is 0 Å². The highest BCUT2D eigenvalue weighted by atomic mass is 35.5. The van der Waals surface area contributed by atoms with Gasteiger partial charge in [-0.1, -0.05) is 23.7 Å². The zero-order valence-electron chi connectivity index (χ0n) is 13.1. The van der Waals surface area contributed by atoms with E-state index in [1.54, 1.807) is 29.2 Å². The van der Waals surface area contributed by atoms with Crippen LogP contribution in [0, 0.1) is 0 Å². The van der Waals surface area contributed by atoms with Gasteiger partial charge in [-0.05, 0) is 42.3 Å². The Balaban J connectivity index is 1.84. The molecule has 0 unspecified atom stereocenters. The molecule has 1 saturated heterocycles. The van der Waals surface area contributed by atoms with Gasteiger partial charge in [-0.2, -0.15) is 0 Å². The van der Waals surface area contributed by atoms with Crippen molar-refractivity contribution < 1.29 is 9.59 Å². The summed E-state index contributed by atoms with van der Waals surface area (Å²) in [4.78, 5) is 26.1. The van der Waals surface area contributed by atoms with Gasteiger partial charge in [0.2, 0.25) is 5.91 Å². The van der Waals surface area contributed by atoms with Crippen LogP contribution in [0.4, 0.5) is 11.4 Å². The molecule has 1 heterocycles. The predicted octanol–water partition coefficient (Wildman–Crippen LogP) is 3.18. The number of halogens is 1. The third-order valence-corrected chi connectivity index (χ3v) is 4.17. The average molecular weight is 344 g/mol. The van der Waals surface area contributed by atoms with Crippen molar-refractivity contribution in [3.05, 3.63) is 58.6 Å². The molecule has 124 valence electrons. The summed E-state index contributed by atoms with van der Waals surface area (Å²) in [5.74, 6) is -0.223. The Morgan fingerprint density at radius 1 is 1.25 bits per heavy atom. The van der Waals surface area contributed by atoms with Crippen molar-refractivity contribution in [2.45, 2.75) is 19.4 Å². The molecule has 0 aromatic heterocycles. The van der Waals surface area contributed by atoms with E-state index in [9.17, 15) is 9.59 Å². The van der Waals surface area contributed by atoms with E-state index in [0.29, 0.717) is 41.5 Å². The number of amides is 2. The highest BCUT2D eigenvalue weighted by Gasteiger charge is 2.23. The normalized spacial score (nSPS) is 14.1. The lowest BCUT2D eigenvalue weighted by atomic mass is 10.1. The summed E-state index contributed by atoms with van der Waals surface area (Å²) >= 11 is 6.14. The molecule has 0 bridgehead atoms. The number of hydrogen-bond donors (Lipinski definition) is 2. The second kappa shape index (κ2) is 7.03. The Bertz CT molecular complexity index is 792. The van der Waals surface area contributed by atoms with Gasteiger partial charge in [0.15, 0.2) is 0 Å². The molecule has 3 N–H and O–H groups in total. The van der Waals surface area contributed by atoms with Crippen molar-refractivity contribution in [2.75, 3.05) is 16.8 Å². The summed E-state index contributed by atoms with van der Waals surface area (Å²) in [6.45, 7) is 1.06. The van der Waals surface area contributed by atoms with Crippen LogP contribution in [-0.4, -0.2) is 18.4 Å². The quantitative estimate of drug-likeness (QED) is 0.895. The van der Waals surface area contributed by atoms with Crippen LogP contribution in [0.3, 0.4) is 0 Å². The van der Waals surface area contributed by atoms with Crippen molar-refractivity contribution in [3.63, 3.8) is 0 Å². The highest BCUT2D eigenvalue weighted by Crippen LogP contribution is 2.27. The van der Waals surface area contributed by atoms with Crippen LogP contribution < -0.4 is 16.0 Å². The molecule has 24 heavy (non-hydrogen) atoms. The first kappa shape index (κ1) is 16.5. The van der Waals surface area contributed by atoms with Crippen molar-refractivity contribution in [1.82, 2.24) is 0 Å². The number of anilines is 2. The number of nitrogens with zero attached hydrogens (tertiary/aromatic N) is 1. The summed E-state index contributed by atoms with van der Waals surface area (Å²) in [6, 6.07) is 12.3. The lowest BCUT2D eigenvalue weighted by Crippen LogP contribution is -2.24. The maximum Gasteiger partial charge on any atom is 0.255 e. The van der Waals surface area contributed by atoms with Crippen molar-refractivity contribution >= 4 is 34.8 Å². The van der Waals surface area contributed by atoms with Crippen LogP contribution in [-0.2, 0) is 11.3 Å². The van der Waals surface area contributed by atoms with Gasteiger partial charge in [-0.15, -0.1) is 0 Å². The number of nitrogens with two attached hydrogens (primary N) is 1. The van der Waals surface area contributed by atoms with E-state index >= 15 is 0 Å². The summed E-state index contributed by atoms with van der Waals surface area (Å²) in [6.07, 6.45) is 1.35. The van der Waals surface area contributed by atoms with E-state index in [4.69, 9.17) is 17.3 Å². The second-order valence-electron chi connectivity index (χ2n) is 5.71. The van der Waals surface area contributed by atoms with Gasteiger partial charge in [0.05, 0.1) is 0 Å². The molecule has 0 atom stereocenters. The Labute approximate surface area is 145 Å². The van der Waals surface area contributed by atoms with Crippen LogP contribution in [0.1, 0.15) is 28.8 Å². The molecule has 2 aromatic rings. The lowest BCUT2D eigenvalue weighted by molar-refractivity contribution is -0.117. The molecule has 3 rings (SSSR count). The van der Waals surface area contributed by atoms with Gasteiger partial charge in [-0.3, -0.25) is 9.59 Å². The van der Waals surface area contributed by atoms with Gasteiger partial charge < -0.3 is 16.0 Å². The van der Waals surface area contributed by atoms with Crippen LogP contribution in [0.2, 0.25) is 5.02 Å². The first-order chi connectivity index (χ1) is 11.6. The minimum atomic E-state index is -0.278. The molecule has 0 saturated carbocycles. The van der Waals surface area contributed by atoms with Crippen LogP contribution in [0.15, 0.2) is 42.5 Å². The van der Waals surface area contributed by atoms with E-state index < -0.39 is 0 Å². The third-order valence-electron chi connectivity index (χ3n) is 3.95. The molecule has 1 fully saturated rings. The molecule has 0 radical (unpaired) electrons. The highest BCUT2D eigenvalue weighted by molar-refractivity contribution is 6.31. The number of hydrogen-bond acceptors (Lipinski definition) is 3. The van der Waals surface area contributed by atoms with Gasteiger partial charge in [-0.25, -0.2) is 0 Å². The number of carbonyl (C=O) groups is 2. The fourth-order valence-corrected chi connectivity index (χ4v) is 2.99. The fraction of sp³-hybridized carbons (Fsp3) is 0.222. The largest absolute Gasteiger partial charge is 0.326 e. The smallest absolute Gasteiger partial charge is 0.255 e. The topological polar surface area (TPSA) is 75.4 Å². The Kier molecular flexibility index (Phi) is 4.83. The van der Waals surface area contributed by atoms with Crippen LogP contribution >= 0.6 is 11.6 Å². The zero-order valence-corrected chi connectivity index (χ0v) is 13.8. The SMILES string of the molecule is NCc1cccc(NC(=O)c2cc(Cl)cc(N3CCCC3=O)c2)c1. The molecular formula is C18H18ClN3O2. The van der Waals surface area contributed by atoms with Crippen molar-refractivity contribution in [3.8, 4) is 0 Å². The summed E-state index contributed by atoms with van der Waals surface area (Å²) in [7, 11) is 0. The number of carbonyl (C=O) groups excluding carboxylic acids is 2. The minimum absolute atomic E-state index is 0.0549. The Morgan fingerprint density at radius 2 is 2.08 bits per heavy atom. The van der Waals surface area contributed by atoms with Gasteiger partial charge in [0, 0.05) is 41.5 Å². The predicted molar refractivity (Wildman–Crippen MR) is 95.3 cm³/mol. The fourth-order valence-electron chi connectivity index (χ4n) is 2.76. The number of nitrogens with one attached hydrogen (secondary N) is 1. The van der Waals surface area contributed by atoms with E-state index in [1.807, 2.05) is 18.2 Å². The van der Waals surface area contributed by atoms with E-state index in [2.05, 4.69) is 5.32 Å². The maximum atomic E-state index is 12.5. The first-order valence-corrected chi connectivity index (χ1v) is 8.16. The summed E-state index contributed by atoms with van der Waals surface area (Å²) < 4.78 is 0. The molecule has 5 nitrogen and oxygen atoms in total. The summed E-state index contributed by atoms with van der Waals surface area (Å²) in [5, 5.41) is 3.26. The second-order valence-corrected chi connectivity index (χ2v) is 6.14. The molecule has 2 amide bonds. The monoisotopic (exact) mass is 343 g/mol. The van der Waals surface area contributed by atoms with Crippen LogP contribution in [0.25, 0.3) is 0 Å².